The normalized spacial score (nSPS) is 19.8. The highest BCUT2D eigenvalue weighted by Crippen LogP contribution is 2.28. The number of hydrogen-bond donors (Lipinski definition) is 1. The number of hydrogen-bond acceptors (Lipinski definition) is 5. The molecule has 2 rings (SSSR count). The molecule has 1 N–H and O–H groups in total. The van der Waals surface area contributed by atoms with Crippen LogP contribution in [0.1, 0.15) is 30.5 Å². The average molecular weight is 221 g/mol. The van der Waals surface area contributed by atoms with Crippen molar-refractivity contribution in [2.75, 3.05) is 6.54 Å². The summed E-state index contributed by atoms with van der Waals surface area (Å²) in [5.41, 5.74) is 0. The number of amides is 1. The molecule has 0 radical (unpaired) electrons. The molecule has 1 aliphatic heterocycles. The van der Waals surface area contributed by atoms with Crippen LogP contribution in [0.4, 0.5) is 4.79 Å². The molecule has 1 aromatic rings. The summed E-state index contributed by atoms with van der Waals surface area (Å²) in [7, 11) is 0. The van der Waals surface area contributed by atoms with E-state index in [1.807, 2.05) is 0 Å². The van der Waals surface area contributed by atoms with Crippen LogP contribution in [0.3, 0.4) is 0 Å². The van der Waals surface area contributed by atoms with Gasteiger partial charge in [-0.3, -0.25) is 4.90 Å². The molecule has 16 heavy (non-hydrogen) atoms. The van der Waals surface area contributed by atoms with Crippen molar-refractivity contribution in [1.29, 1.82) is 0 Å². The molecule has 7 heteroatoms. The van der Waals surface area contributed by atoms with E-state index in [1.54, 1.807) is 0 Å². The summed E-state index contributed by atoms with van der Waals surface area (Å²) < 4.78 is 0. The first-order valence-electron chi connectivity index (χ1n) is 4.91. The third-order valence-corrected chi connectivity index (χ3v) is 2.49. The fraction of sp³-hybridized carbons (Fsp3) is 0.444. The van der Waals surface area contributed by atoms with Crippen LogP contribution in [0.25, 0.3) is 6.08 Å². The molecule has 0 unspecified atom stereocenters. The van der Waals surface area contributed by atoms with Gasteiger partial charge in [0.15, 0.2) is 11.6 Å². The zero-order valence-electron chi connectivity index (χ0n) is 8.57. The minimum Gasteiger partial charge on any atom is -0.465 e. The molecule has 0 spiro atoms. The molecule has 1 aliphatic rings. The van der Waals surface area contributed by atoms with Crippen LogP contribution >= 0.6 is 0 Å². The third kappa shape index (κ3) is 1.83. The Morgan fingerprint density at radius 1 is 1.44 bits per heavy atom. The Kier molecular flexibility index (Phi) is 2.76. The van der Waals surface area contributed by atoms with E-state index < -0.39 is 6.09 Å². The Hall–Kier alpha value is -2.05. The second-order valence-corrected chi connectivity index (χ2v) is 3.45. The van der Waals surface area contributed by atoms with Gasteiger partial charge in [0.2, 0.25) is 0 Å². The summed E-state index contributed by atoms with van der Waals surface area (Å²) in [6, 6.07) is -0.323. The highest BCUT2D eigenvalue weighted by Gasteiger charge is 2.32. The highest BCUT2D eigenvalue weighted by molar-refractivity contribution is 5.65. The van der Waals surface area contributed by atoms with Crippen LogP contribution in [0.15, 0.2) is 6.58 Å². The standard InChI is InChI=1S/C9H11N5O2/c1-2-7-10-12-8(13-11-7)6-4-3-5-14(6)9(15)16/h2,6H,1,3-5H2,(H,15,16)/t6-/m1/s1. The van der Waals surface area contributed by atoms with E-state index in [9.17, 15) is 4.79 Å². The van der Waals surface area contributed by atoms with Crippen molar-refractivity contribution in [3.8, 4) is 0 Å². The van der Waals surface area contributed by atoms with Crippen molar-refractivity contribution in [2.45, 2.75) is 18.9 Å². The summed E-state index contributed by atoms with van der Waals surface area (Å²) in [5, 5.41) is 24.2. The molecule has 1 saturated heterocycles. The molecule has 84 valence electrons. The maximum atomic E-state index is 10.9. The van der Waals surface area contributed by atoms with Gasteiger partial charge in [0.25, 0.3) is 0 Å². The quantitative estimate of drug-likeness (QED) is 0.791. The maximum Gasteiger partial charge on any atom is 0.407 e. The van der Waals surface area contributed by atoms with E-state index in [0.717, 1.165) is 6.42 Å². The molecule has 1 amide bonds. The van der Waals surface area contributed by atoms with E-state index >= 15 is 0 Å². The van der Waals surface area contributed by atoms with Gasteiger partial charge in [-0.05, 0) is 18.9 Å². The van der Waals surface area contributed by atoms with Gasteiger partial charge < -0.3 is 5.11 Å². The Morgan fingerprint density at radius 2 is 2.12 bits per heavy atom. The Bertz CT molecular complexity index is 405. The van der Waals surface area contributed by atoms with Crippen molar-refractivity contribution in [1.82, 2.24) is 25.3 Å². The van der Waals surface area contributed by atoms with Crippen molar-refractivity contribution >= 4 is 12.2 Å². The first-order valence-corrected chi connectivity index (χ1v) is 4.91. The lowest BCUT2D eigenvalue weighted by molar-refractivity contribution is 0.138. The monoisotopic (exact) mass is 221 g/mol. The third-order valence-electron chi connectivity index (χ3n) is 2.49. The van der Waals surface area contributed by atoms with E-state index in [0.29, 0.717) is 24.6 Å². The van der Waals surface area contributed by atoms with Gasteiger partial charge in [-0.2, -0.15) is 0 Å². The van der Waals surface area contributed by atoms with Gasteiger partial charge in [0, 0.05) is 6.54 Å². The van der Waals surface area contributed by atoms with Crippen molar-refractivity contribution in [3.05, 3.63) is 18.2 Å². The lowest BCUT2D eigenvalue weighted by Crippen LogP contribution is -2.30. The molecule has 1 atom stereocenters. The Morgan fingerprint density at radius 3 is 2.69 bits per heavy atom. The zero-order chi connectivity index (χ0) is 11.5. The summed E-state index contributed by atoms with van der Waals surface area (Å²) in [6.07, 6.45) is 2.00. The van der Waals surface area contributed by atoms with E-state index in [1.165, 1.54) is 11.0 Å². The largest absolute Gasteiger partial charge is 0.465 e. The van der Waals surface area contributed by atoms with Crippen LogP contribution in [-0.2, 0) is 0 Å². The molecule has 1 fully saturated rings. The molecule has 0 saturated carbocycles. The molecule has 2 heterocycles. The van der Waals surface area contributed by atoms with Crippen LogP contribution < -0.4 is 0 Å². The summed E-state index contributed by atoms with van der Waals surface area (Å²) in [4.78, 5) is 12.2. The van der Waals surface area contributed by atoms with E-state index in [-0.39, 0.29) is 6.04 Å². The van der Waals surface area contributed by atoms with Gasteiger partial charge >= 0.3 is 6.09 Å². The molecular weight excluding hydrogens is 210 g/mol. The van der Waals surface area contributed by atoms with Crippen molar-refractivity contribution < 1.29 is 9.90 Å². The smallest absolute Gasteiger partial charge is 0.407 e. The molecule has 0 aromatic carbocycles. The lowest BCUT2D eigenvalue weighted by atomic mass is 10.2. The summed E-state index contributed by atoms with van der Waals surface area (Å²) in [5.74, 6) is 0.689. The number of carboxylic acid groups (broad SMARTS) is 1. The first-order chi connectivity index (χ1) is 7.72. The maximum absolute atomic E-state index is 10.9. The van der Waals surface area contributed by atoms with Crippen molar-refractivity contribution in [2.24, 2.45) is 0 Å². The molecular formula is C9H11N5O2. The van der Waals surface area contributed by atoms with Crippen molar-refractivity contribution in [3.63, 3.8) is 0 Å². The minimum atomic E-state index is -0.959. The van der Waals surface area contributed by atoms with E-state index in [4.69, 9.17) is 5.11 Å². The number of rotatable bonds is 2. The van der Waals surface area contributed by atoms with Gasteiger partial charge in [0.1, 0.15) is 0 Å². The van der Waals surface area contributed by atoms with Gasteiger partial charge in [-0.25, -0.2) is 4.79 Å². The summed E-state index contributed by atoms with van der Waals surface area (Å²) in [6.45, 7) is 4.00. The number of carbonyl (C=O) groups is 1. The average Bonchev–Trinajstić information content (AvgIpc) is 2.78. The van der Waals surface area contributed by atoms with Crippen LogP contribution in [-0.4, -0.2) is 43.0 Å². The van der Waals surface area contributed by atoms with Crippen LogP contribution in [0, 0.1) is 0 Å². The first kappa shape index (κ1) is 10.5. The topological polar surface area (TPSA) is 92.1 Å². The molecule has 0 aliphatic carbocycles. The van der Waals surface area contributed by atoms with Gasteiger partial charge in [-0.15, -0.1) is 20.4 Å². The predicted octanol–water partition coefficient (Wildman–Crippen LogP) is 0.725. The molecule has 7 nitrogen and oxygen atoms in total. The van der Waals surface area contributed by atoms with Crippen LogP contribution in [0.2, 0.25) is 0 Å². The fourth-order valence-corrected chi connectivity index (χ4v) is 1.72. The Balaban J connectivity index is 2.22. The highest BCUT2D eigenvalue weighted by atomic mass is 16.4. The van der Waals surface area contributed by atoms with E-state index in [2.05, 4.69) is 27.0 Å². The zero-order valence-corrected chi connectivity index (χ0v) is 8.57. The Labute approximate surface area is 91.8 Å². The molecule has 1 aromatic heterocycles. The van der Waals surface area contributed by atoms with Gasteiger partial charge in [0.05, 0.1) is 6.04 Å². The molecule has 0 bridgehead atoms. The SMILES string of the molecule is C=Cc1nnc([C@H]2CCCN2C(=O)O)nn1. The second-order valence-electron chi connectivity index (χ2n) is 3.45. The number of likely N-dealkylation sites (tertiary alicyclic amines) is 1. The lowest BCUT2D eigenvalue weighted by Gasteiger charge is -2.18. The minimum absolute atomic E-state index is 0.323. The number of nitrogens with zero attached hydrogens (tertiary/aromatic N) is 5. The second kappa shape index (κ2) is 4.21. The number of aromatic nitrogens is 4. The predicted molar refractivity (Wildman–Crippen MR) is 54.4 cm³/mol. The van der Waals surface area contributed by atoms with Gasteiger partial charge in [-0.1, -0.05) is 6.58 Å². The van der Waals surface area contributed by atoms with Crippen LogP contribution in [0.5, 0.6) is 0 Å². The summed E-state index contributed by atoms with van der Waals surface area (Å²) >= 11 is 0. The fourth-order valence-electron chi connectivity index (χ4n) is 1.72.